The zero-order valence-corrected chi connectivity index (χ0v) is 14.3. The van der Waals surface area contributed by atoms with Gasteiger partial charge in [0.05, 0.1) is 0 Å². The molecule has 4 rings (SSSR count). The fraction of sp³-hybridized carbons (Fsp3) is 0.0952. The Labute approximate surface area is 151 Å². The number of carbonyl (C=O) groups excluding carboxylic acids is 1. The summed E-state index contributed by atoms with van der Waals surface area (Å²) in [5.74, 6) is -0.0486. The fourth-order valence-electron chi connectivity index (χ4n) is 3.34. The molecule has 1 atom stereocenters. The van der Waals surface area contributed by atoms with E-state index in [4.69, 9.17) is 11.6 Å². The Hall–Kier alpha value is -2.78. The number of para-hydroxylation sites is 2. The maximum absolute atomic E-state index is 13.0. The Kier molecular flexibility index (Phi) is 3.94. The third-order valence-electron chi connectivity index (χ3n) is 4.54. The Morgan fingerprint density at radius 1 is 0.880 bits per heavy atom. The number of anilines is 2. The number of halogens is 1. The molecule has 4 heteroatoms. The number of carbonyl (C=O) groups is 1. The summed E-state index contributed by atoms with van der Waals surface area (Å²) < 4.78 is 0. The van der Waals surface area contributed by atoms with Crippen LogP contribution in [0.25, 0.3) is 0 Å². The molecule has 1 heterocycles. The van der Waals surface area contributed by atoms with Crippen molar-refractivity contribution in [1.29, 1.82) is 0 Å². The summed E-state index contributed by atoms with van der Waals surface area (Å²) in [6, 6.07) is 25.3. The Balaban J connectivity index is 1.81. The van der Waals surface area contributed by atoms with Crippen LogP contribution in [-0.4, -0.2) is 5.91 Å². The molecule has 0 saturated heterocycles. The maximum atomic E-state index is 13.0. The monoisotopic (exact) mass is 348 g/mol. The van der Waals surface area contributed by atoms with Gasteiger partial charge < -0.3 is 10.6 Å². The Bertz CT molecular complexity index is 909. The van der Waals surface area contributed by atoms with E-state index in [0.29, 0.717) is 11.4 Å². The van der Waals surface area contributed by atoms with Gasteiger partial charge in [-0.05, 0) is 35.9 Å². The van der Waals surface area contributed by atoms with Crippen LogP contribution in [0, 0.1) is 0 Å². The van der Waals surface area contributed by atoms with Crippen molar-refractivity contribution in [2.24, 2.45) is 0 Å². The second-order valence-corrected chi connectivity index (χ2v) is 6.64. The molecular formula is C21H17ClN2O. The van der Waals surface area contributed by atoms with E-state index in [0.717, 1.165) is 22.5 Å². The molecule has 3 nitrogen and oxygen atoms in total. The fourth-order valence-corrected chi connectivity index (χ4v) is 3.46. The normalized spacial score (nSPS) is 18.5. The predicted molar refractivity (Wildman–Crippen MR) is 102 cm³/mol. The maximum Gasteiger partial charge on any atom is 0.255 e. The molecule has 0 saturated carbocycles. The molecule has 0 radical (unpaired) electrons. The lowest BCUT2D eigenvalue weighted by molar-refractivity contribution is -0.119. The minimum Gasteiger partial charge on any atom is -0.367 e. The van der Waals surface area contributed by atoms with Gasteiger partial charge in [-0.15, -0.1) is 0 Å². The molecule has 124 valence electrons. The highest BCUT2D eigenvalue weighted by molar-refractivity contribution is 6.30. The first-order valence-electron chi connectivity index (χ1n) is 8.16. The lowest BCUT2D eigenvalue weighted by Crippen LogP contribution is -2.44. The van der Waals surface area contributed by atoms with Gasteiger partial charge in [0, 0.05) is 28.4 Å². The molecular weight excluding hydrogens is 332 g/mol. The molecule has 1 aliphatic heterocycles. The van der Waals surface area contributed by atoms with Gasteiger partial charge in [-0.3, -0.25) is 4.79 Å². The van der Waals surface area contributed by atoms with Gasteiger partial charge in [0.1, 0.15) is 5.54 Å². The molecule has 3 aromatic carbocycles. The van der Waals surface area contributed by atoms with Crippen molar-refractivity contribution in [2.45, 2.75) is 12.0 Å². The van der Waals surface area contributed by atoms with E-state index >= 15 is 0 Å². The third-order valence-corrected chi connectivity index (χ3v) is 4.79. The molecule has 0 bridgehead atoms. The van der Waals surface area contributed by atoms with E-state index in [-0.39, 0.29) is 5.91 Å². The zero-order valence-electron chi connectivity index (χ0n) is 13.5. The van der Waals surface area contributed by atoms with Crippen LogP contribution in [0.3, 0.4) is 0 Å². The smallest absolute Gasteiger partial charge is 0.255 e. The van der Waals surface area contributed by atoms with Gasteiger partial charge in [-0.2, -0.15) is 0 Å². The highest BCUT2D eigenvalue weighted by Gasteiger charge is 2.46. The van der Waals surface area contributed by atoms with Crippen molar-refractivity contribution >= 4 is 28.9 Å². The van der Waals surface area contributed by atoms with Crippen molar-refractivity contribution in [3.8, 4) is 0 Å². The van der Waals surface area contributed by atoms with Crippen LogP contribution in [0.2, 0.25) is 5.02 Å². The van der Waals surface area contributed by atoms with E-state index in [1.54, 1.807) is 0 Å². The largest absolute Gasteiger partial charge is 0.367 e. The summed E-state index contributed by atoms with van der Waals surface area (Å²) >= 11 is 6.01. The summed E-state index contributed by atoms with van der Waals surface area (Å²) in [6.07, 6.45) is 0.530. The molecule has 0 spiro atoms. The first-order valence-corrected chi connectivity index (χ1v) is 8.54. The first kappa shape index (κ1) is 15.7. The van der Waals surface area contributed by atoms with Crippen LogP contribution < -0.4 is 10.6 Å². The van der Waals surface area contributed by atoms with Gasteiger partial charge >= 0.3 is 0 Å². The summed E-state index contributed by atoms with van der Waals surface area (Å²) in [4.78, 5) is 13.0. The number of nitrogens with one attached hydrogen (secondary N) is 2. The van der Waals surface area contributed by atoms with Crippen LogP contribution in [0.4, 0.5) is 11.4 Å². The molecule has 3 aromatic rings. The molecule has 0 aromatic heterocycles. The first-order chi connectivity index (χ1) is 12.2. The van der Waals surface area contributed by atoms with Crippen molar-refractivity contribution in [1.82, 2.24) is 0 Å². The van der Waals surface area contributed by atoms with Gasteiger partial charge in [-0.1, -0.05) is 60.1 Å². The minimum atomic E-state index is -0.855. The summed E-state index contributed by atoms with van der Waals surface area (Å²) in [5.41, 5.74) is 2.90. The number of hydrogen-bond donors (Lipinski definition) is 2. The second kappa shape index (κ2) is 6.26. The van der Waals surface area contributed by atoms with Gasteiger partial charge in [0.15, 0.2) is 0 Å². The average Bonchev–Trinajstić information content (AvgIpc) is 2.90. The van der Waals surface area contributed by atoms with Crippen molar-refractivity contribution < 1.29 is 4.79 Å². The molecule has 1 aliphatic rings. The number of hydrogen-bond acceptors (Lipinski definition) is 2. The average molecular weight is 349 g/mol. The molecule has 2 N–H and O–H groups in total. The van der Waals surface area contributed by atoms with E-state index in [9.17, 15) is 4.79 Å². The Morgan fingerprint density at radius 2 is 1.56 bits per heavy atom. The van der Waals surface area contributed by atoms with Crippen LogP contribution in [0.1, 0.15) is 11.1 Å². The van der Waals surface area contributed by atoms with Crippen LogP contribution in [-0.2, 0) is 16.8 Å². The summed E-state index contributed by atoms with van der Waals surface area (Å²) in [6.45, 7) is 0. The zero-order chi connectivity index (χ0) is 17.3. The SMILES string of the molecule is O=C1Nc2ccccc2[C@@]1(Cc1ccc(Cl)cc1)Nc1ccccc1. The van der Waals surface area contributed by atoms with Gasteiger partial charge in [-0.25, -0.2) is 0 Å². The highest BCUT2D eigenvalue weighted by Crippen LogP contribution is 2.40. The molecule has 0 fully saturated rings. The summed E-state index contributed by atoms with van der Waals surface area (Å²) in [7, 11) is 0. The summed E-state index contributed by atoms with van der Waals surface area (Å²) in [5, 5.41) is 7.18. The van der Waals surface area contributed by atoms with E-state index in [1.165, 1.54) is 0 Å². The second-order valence-electron chi connectivity index (χ2n) is 6.20. The lowest BCUT2D eigenvalue weighted by atomic mass is 9.84. The standard InChI is InChI=1S/C21H17ClN2O/c22-16-12-10-15(11-13-16)14-21(24-17-6-2-1-3-7-17)18-8-4-5-9-19(18)23-20(21)25/h1-13,24H,14H2,(H,23,25)/t21-/m1/s1. The minimum absolute atomic E-state index is 0.0486. The number of benzene rings is 3. The van der Waals surface area contributed by atoms with Crippen LogP contribution in [0.15, 0.2) is 78.9 Å². The predicted octanol–water partition coefficient (Wildman–Crippen LogP) is 4.84. The van der Waals surface area contributed by atoms with Crippen molar-refractivity contribution in [3.05, 3.63) is 95.0 Å². The quantitative estimate of drug-likeness (QED) is 0.708. The third kappa shape index (κ3) is 2.87. The number of rotatable bonds is 4. The lowest BCUT2D eigenvalue weighted by Gasteiger charge is -2.30. The molecule has 1 amide bonds. The van der Waals surface area contributed by atoms with E-state index in [2.05, 4.69) is 10.6 Å². The van der Waals surface area contributed by atoms with Crippen LogP contribution in [0.5, 0.6) is 0 Å². The van der Waals surface area contributed by atoms with Gasteiger partial charge in [0.2, 0.25) is 0 Å². The van der Waals surface area contributed by atoms with Crippen LogP contribution >= 0.6 is 11.6 Å². The molecule has 0 unspecified atom stereocenters. The van der Waals surface area contributed by atoms with E-state index < -0.39 is 5.54 Å². The van der Waals surface area contributed by atoms with Crippen molar-refractivity contribution in [2.75, 3.05) is 10.6 Å². The topological polar surface area (TPSA) is 41.1 Å². The van der Waals surface area contributed by atoms with Crippen molar-refractivity contribution in [3.63, 3.8) is 0 Å². The molecule has 0 aliphatic carbocycles. The highest BCUT2D eigenvalue weighted by atomic mass is 35.5. The number of fused-ring (bicyclic) bond motifs is 1. The Morgan fingerprint density at radius 3 is 2.32 bits per heavy atom. The van der Waals surface area contributed by atoms with Gasteiger partial charge in [0.25, 0.3) is 5.91 Å². The molecule has 25 heavy (non-hydrogen) atoms. The van der Waals surface area contributed by atoms with E-state index in [1.807, 2.05) is 78.9 Å². The number of amides is 1.